The Labute approximate surface area is 116 Å². The standard InChI is InChI=1S/C15H27N3O/c1-3-15-13(12-18(2)17-15)11-16-9-10-19-14-7-5-4-6-8-14/h12,14,16H,3-11H2,1-2H3. The van der Waals surface area contributed by atoms with Gasteiger partial charge in [0.15, 0.2) is 0 Å². The van der Waals surface area contributed by atoms with Crippen LogP contribution in [0.15, 0.2) is 6.20 Å². The van der Waals surface area contributed by atoms with E-state index in [4.69, 9.17) is 4.74 Å². The van der Waals surface area contributed by atoms with E-state index >= 15 is 0 Å². The van der Waals surface area contributed by atoms with Gasteiger partial charge in [-0.25, -0.2) is 0 Å². The quantitative estimate of drug-likeness (QED) is 0.770. The molecule has 108 valence electrons. The van der Waals surface area contributed by atoms with Gasteiger partial charge in [0.1, 0.15) is 0 Å². The minimum Gasteiger partial charge on any atom is -0.377 e. The van der Waals surface area contributed by atoms with E-state index in [2.05, 4.69) is 23.5 Å². The number of rotatable bonds is 7. The lowest BCUT2D eigenvalue weighted by Crippen LogP contribution is -2.24. The van der Waals surface area contributed by atoms with Gasteiger partial charge in [-0.05, 0) is 19.3 Å². The molecule has 1 N–H and O–H groups in total. The second kappa shape index (κ2) is 7.65. The SMILES string of the molecule is CCc1nn(C)cc1CNCCOC1CCCCC1. The highest BCUT2D eigenvalue weighted by atomic mass is 16.5. The van der Waals surface area contributed by atoms with Gasteiger partial charge in [-0.1, -0.05) is 26.2 Å². The summed E-state index contributed by atoms with van der Waals surface area (Å²) in [5.41, 5.74) is 2.51. The van der Waals surface area contributed by atoms with Crippen molar-refractivity contribution in [3.63, 3.8) is 0 Å². The van der Waals surface area contributed by atoms with Crippen molar-refractivity contribution in [1.82, 2.24) is 15.1 Å². The van der Waals surface area contributed by atoms with Gasteiger partial charge in [0.2, 0.25) is 0 Å². The van der Waals surface area contributed by atoms with E-state index < -0.39 is 0 Å². The van der Waals surface area contributed by atoms with Crippen LogP contribution in [-0.2, 0) is 24.8 Å². The fourth-order valence-electron chi connectivity index (χ4n) is 2.78. The molecule has 0 atom stereocenters. The highest BCUT2D eigenvalue weighted by Gasteiger charge is 2.13. The number of aryl methyl sites for hydroxylation is 2. The van der Waals surface area contributed by atoms with Crippen LogP contribution < -0.4 is 5.32 Å². The fourth-order valence-corrected chi connectivity index (χ4v) is 2.78. The largest absolute Gasteiger partial charge is 0.377 e. The molecule has 1 aromatic rings. The van der Waals surface area contributed by atoms with Crippen molar-refractivity contribution in [2.75, 3.05) is 13.2 Å². The van der Waals surface area contributed by atoms with E-state index in [0.29, 0.717) is 6.10 Å². The predicted molar refractivity (Wildman–Crippen MR) is 77.1 cm³/mol. The zero-order chi connectivity index (χ0) is 13.5. The van der Waals surface area contributed by atoms with Gasteiger partial charge in [-0.2, -0.15) is 5.10 Å². The number of hydrogen-bond acceptors (Lipinski definition) is 3. The number of hydrogen-bond donors (Lipinski definition) is 1. The highest BCUT2D eigenvalue weighted by molar-refractivity contribution is 5.16. The third kappa shape index (κ3) is 4.62. The van der Waals surface area contributed by atoms with Crippen molar-refractivity contribution in [1.29, 1.82) is 0 Å². The molecule has 0 radical (unpaired) electrons. The topological polar surface area (TPSA) is 39.1 Å². The van der Waals surface area contributed by atoms with Gasteiger partial charge in [0.25, 0.3) is 0 Å². The molecule has 1 saturated carbocycles. The molecule has 0 aromatic carbocycles. The summed E-state index contributed by atoms with van der Waals surface area (Å²) >= 11 is 0. The van der Waals surface area contributed by atoms with Gasteiger partial charge in [0.05, 0.1) is 18.4 Å². The summed E-state index contributed by atoms with van der Waals surface area (Å²) < 4.78 is 7.80. The average Bonchev–Trinajstić information content (AvgIpc) is 2.80. The van der Waals surface area contributed by atoms with Gasteiger partial charge in [-0.15, -0.1) is 0 Å². The van der Waals surface area contributed by atoms with Crippen LogP contribution in [0.3, 0.4) is 0 Å². The molecule has 0 bridgehead atoms. The molecule has 0 saturated heterocycles. The monoisotopic (exact) mass is 265 g/mol. The zero-order valence-corrected chi connectivity index (χ0v) is 12.3. The van der Waals surface area contributed by atoms with Crippen LogP contribution in [0.4, 0.5) is 0 Å². The van der Waals surface area contributed by atoms with Crippen molar-refractivity contribution in [2.45, 2.75) is 58.1 Å². The Morgan fingerprint density at radius 3 is 2.89 bits per heavy atom. The van der Waals surface area contributed by atoms with Crippen molar-refractivity contribution < 1.29 is 4.74 Å². The Morgan fingerprint density at radius 1 is 1.37 bits per heavy atom. The summed E-state index contributed by atoms with van der Waals surface area (Å²) in [7, 11) is 1.98. The average molecular weight is 265 g/mol. The maximum atomic E-state index is 5.90. The molecule has 4 nitrogen and oxygen atoms in total. The van der Waals surface area contributed by atoms with Crippen molar-refractivity contribution in [3.05, 3.63) is 17.5 Å². The Balaban J connectivity index is 1.60. The van der Waals surface area contributed by atoms with E-state index in [1.807, 2.05) is 11.7 Å². The van der Waals surface area contributed by atoms with Crippen LogP contribution in [-0.4, -0.2) is 29.0 Å². The molecule has 19 heavy (non-hydrogen) atoms. The highest BCUT2D eigenvalue weighted by Crippen LogP contribution is 2.19. The predicted octanol–water partition coefficient (Wildman–Crippen LogP) is 2.42. The Morgan fingerprint density at radius 2 is 2.16 bits per heavy atom. The summed E-state index contributed by atoms with van der Waals surface area (Å²) in [6.45, 7) is 4.80. The first-order chi connectivity index (χ1) is 9.29. The summed E-state index contributed by atoms with van der Waals surface area (Å²) in [6.07, 6.45) is 10.2. The second-order valence-corrected chi connectivity index (χ2v) is 5.44. The Hall–Kier alpha value is -0.870. The lowest BCUT2D eigenvalue weighted by atomic mass is 9.98. The van der Waals surface area contributed by atoms with Crippen LogP contribution in [0, 0.1) is 0 Å². The number of nitrogens with zero attached hydrogens (tertiary/aromatic N) is 2. The molecule has 0 amide bonds. The Bertz CT molecular complexity index is 369. The van der Waals surface area contributed by atoms with Crippen LogP contribution in [0.25, 0.3) is 0 Å². The molecular formula is C15H27N3O. The van der Waals surface area contributed by atoms with Crippen molar-refractivity contribution in [2.24, 2.45) is 7.05 Å². The van der Waals surface area contributed by atoms with Gasteiger partial charge < -0.3 is 10.1 Å². The molecule has 0 spiro atoms. The molecule has 1 heterocycles. The molecular weight excluding hydrogens is 238 g/mol. The molecule has 1 aliphatic rings. The van der Waals surface area contributed by atoms with Crippen LogP contribution in [0.5, 0.6) is 0 Å². The van der Waals surface area contributed by atoms with Crippen molar-refractivity contribution >= 4 is 0 Å². The summed E-state index contributed by atoms with van der Waals surface area (Å²) in [4.78, 5) is 0. The number of aromatic nitrogens is 2. The molecule has 1 fully saturated rings. The number of nitrogens with one attached hydrogen (secondary N) is 1. The van der Waals surface area contributed by atoms with E-state index in [-0.39, 0.29) is 0 Å². The lowest BCUT2D eigenvalue weighted by Gasteiger charge is -2.22. The van der Waals surface area contributed by atoms with E-state index in [0.717, 1.165) is 26.1 Å². The summed E-state index contributed by atoms with van der Waals surface area (Å²) in [5, 5.41) is 7.90. The lowest BCUT2D eigenvalue weighted by molar-refractivity contribution is 0.0302. The van der Waals surface area contributed by atoms with Crippen LogP contribution >= 0.6 is 0 Å². The van der Waals surface area contributed by atoms with Crippen LogP contribution in [0.2, 0.25) is 0 Å². The first-order valence-electron chi connectivity index (χ1n) is 7.63. The molecule has 2 rings (SSSR count). The molecule has 0 aliphatic heterocycles. The fraction of sp³-hybridized carbons (Fsp3) is 0.800. The van der Waals surface area contributed by atoms with Gasteiger partial charge >= 0.3 is 0 Å². The Kier molecular flexibility index (Phi) is 5.86. The third-order valence-electron chi connectivity index (χ3n) is 3.83. The van der Waals surface area contributed by atoms with E-state index in [9.17, 15) is 0 Å². The van der Waals surface area contributed by atoms with E-state index in [1.165, 1.54) is 43.4 Å². The maximum absolute atomic E-state index is 5.90. The zero-order valence-electron chi connectivity index (χ0n) is 12.3. The van der Waals surface area contributed by atoms with Crippen molar-refractivity contribution in [3.8, 4) is 0 Å². The molecule has 0 unspecified atom stereocenters. The minimum absolute atomic E-state index is 0.514. The third-order valence-corrected chi connectivity index (χ3v) is 3.83. The van der Waals surface area contributed by atoms with Gasteiger partial charge in [-0.3, -0.25) is 4.68 Å². The normalized spacial score (nSPS) is 16.9. The minimum atomic E-state index is 0.514. The molecule has 4 heteroatoms. The molecule has 1 aliphatic carbocycles. The summed E-state index contributed by atoms with van der Waals surface area (Å²) in [6, 6.07) is 0. The van der Waals surface area contributed by atoms with Crippen LogP contribution in [0.1, 0.15) is 50.3 Å². The summed E-state index contributed by atoms with van der Waals surface area (Å²) in [5.74, 6) is 0. The first kappa shape index (κ1) is 14.5. The molecule has 1 aromatic heterocycles. The van der Waals surface area contributed by atoms with Gasteiger partial charge in [0, 0.05) is 31.9 Å². The maximum Gasteiger partial charge on any atom is 0.0666 e. The number of ether oxygens (including phenoxy) is 1. The smallest absolute Gasteiger partial charge is 0.0666 e. The van der Waals surface area contributed by atoms with E-state index in [1.54, 1.807) is 0 Å². The first-order valence-corrected chi connectivity index (χ1v) is 7.63. The second-order valence-electron chi connectivity index (χ2n) is 5.44.